The van der Waals surface area contributed by atoms with Gasteiger partial charge in [0, 0.05) is 24.6 Å². The first-order valence-corrected chi connectivity index (χ1v) is 13.0. The molecule has 3 rings (SSSR count). The number of hydrogen-bond donors (Lipinski definition) is 1. The number of aromatic nitrogens is 2. The highest BCUT2D eigenvalue weighted by molar-refractivity contribution is 7.92. The van der Waals surface area contributed by atoms with Gasteiger partial charge < -0.3 is 9.52 Å². The van der Waals surface area contributed by atoms with Crippen LogP contribution in [0.5, 0.6) is 0 Å². The molecule has 2 heterocycles. The number of anilines is 1. The maximum Gasteiger partial charge on any atom is 0.408 e. The summed E-state index contributed by atoms with van der Waals surface area (Å²) in [5, 5.41) is 10.3. The molecule has 0 aliphatic heterocycles. The van der Waals surface area contributed by atoms with Crippen LogP contribution in [0.3, 0.4) is 0 Å². The van der Waals surface area contributed by atoms with Crippen molar-refractivity contribution in [2.45, 2.75) is 45.2 Å². The van der Waals surface area contributed by atoms with Gasteiger partial charge in [0.2, 0.25) is 15.9 Å². The van der Waals surface area contributed by atoms with Crippen molar-refractivity contribution in [2.75, 3.05) is 17.6 Å². The van der Waals surface area contributed by atoms with E-state index in [0.717, 1.165) is 16.1 Å². The topological polar surface area (TPSA) is 117 Å². The van der Waals surface area contributed by atoms with Crippen LogP contribution in [0.4, 0.5) is 10.6 Å². The summed E-state index contributed by atoms with van der Waals surface area (Å²) in [5.74, 6) is 0.592. The summed E-state index contributed by atoms with van der Waals surface area (Å²) in [5.41, 5.74) is -0.540. The highest BCUT2D eigenvalue weighted by Crippen LogP contribution is 2.39. The Hall–Kier alpha value is -3.11. The molecule has 0 spiro atoms. The first-order chi connectivity index (χ1) is 16.1. The van der Waals surface area contributed by atoms with Gasteiger partial charge in [-0.3, -0.25) is 9.21 Å². The van der Waals surface area contributed by atoms with Crippen LogP contribution in [0.1, 0.15) is 39.0 Å². The fraction of sp³-hybridized carbons (Fsp3) is 0.375. The Bertz CT molecular complexity index is 1320. The SMILES string of the molecule is CN(c1cc(-c2ncc([C@@](C)(Cc3ccccc3)N(C(=O)O)C(C)(C)C)o2)cc(Cl)n1)S(C)(=O)=O. The van der Waals surface area contributed by atoms with E-state index in [1.165, 1.54) is 30.3 Å². The fourth-order valence-electron chi connectivity index (χ4n) is 4.10. The van der Waals surface area contributed by atoms with Crippen LogP contribution in [0.15, 0.2) is 53.1 Å². The second kappa shape index (κ2) is 9.50. The number of carboxylic acid groups (broad SMARTS) is 1. The quantitative estimate of drug-likeness (QED) is 0.434. The molecular formula is C24H29ClN4O5S. The van der Waals surface area contributed by atoms with E-state index < -0.39 is 27.2 Å². The van der Waals surface area contributed by atoms with Crippen LogP contribution < -0.4 is 4.31 Å². The average molecular weight is 521 g/mol. The summed E-state index contributed by atoms with van der Waals surface area (Å²) in [4.78, 5) is 22.3. The smallest absolute Gasteiger partial charge is 0.408 e. The van der Waals surface area contributed by atoms with Gasteiger partial charge in [0.1, 0.15) is 16.5 Å². The fourth-order valence-corrected chi connectivity index (χ4v) is 4.74. The number of oxazole rings is 1. The molecule has 0 fully saturated rings. The van der Waals surface area contributed by atoms with Crippen molar-refractivity contribution >= 4 is 33.5 Å². The van der Waals surface area contributed by atoms with Crippen LogP contribution in [-0.4, -0.2) is 53.3 Å². The maximum atomic E-state index is 12.5. The zero-order valence-corrected chi connectivity index (χ0v) is 22.1. The molecule has 188 valence electrons. The van der Waals surface area contributed by atoms with Gasteiger partial charge in [0.15, 0.2) is 5.76 Å². The molecule has 0 aliphatic carbocycles. The number of pyridine rings is 1. The molecule has 0 radical (unpaired) electrons. The number of halogens is 1. The van der Waals surface area contributed by atoms with E-state index in [-0.39, 0.29) is 16.9 Å². The molecule has 2 aromatic heterocycles. The van der Waals surface area contributed by atoms with Gasteiger partial charge in [-0.05, 0) is 45.4 Å². The van der Waals surface area contributed by atoms with E-state index in [9.17, 15) is 18.3 Å². The molecule has 0 saturated carbocycles. The third-order valence-corrected chi connectivity index (χ3v) is 7.01. The van der Waals surface area contributed by atoms with Crippen molar-refractivity contribution in [1.29, 1.82) is 0 Å². The molecule has 1 atom stereocenters. The van der Waals surface area contributed by atoms with Crippen molar-refractivity contribution in [3.8, 4) is 11.5 Å². The third kappa shape index (κ3) is 5.76. The van der Waals surface area contributed by atoms with E-state index in [2.05, 4.69) is 9.97 Å². The number of sulfonamides is 1. The summed E-state index contributed by atoms with van der Waals surface area (Å²) in [6.45, 7) is 7.25. The molecule has 1 aromatic carbocycles. The summed E-state index contributed by atoms with van der Waals surface area (Å²) >= 11 is 6.16. The minimum absolute atomic E-state index is 0.0571. The van der Waals surface area contributed by atoms with Crippen molar-refractivity contribution in [1.82, 2.24) is 14.9 Å². The molecule has 0 saturated heterocycles. The lowest BCUT2D eigenvalue weighted by Crippen LogP contribution is -2.57. The molecule has 11 heteroatoms. The third-order valence-electron chi connectivity index (χ3n) is 5.63. The zero-order valence-electron chi connectivity index (χ0n) is 20.5. The van der Waals surface area contributed by atoms with Crippen LogP contribution in [-0.2, 0) is 22.0 Å². The molecule has 3 aromatic rings. The predicted octanol–water partition coefficient (Wildman–Crippen LogP) is 5.02. The Morgan fingerprint density at radius 1 is 1.14 bits per heavy atom. The van der Waals surface area contributed by atoms with Crippen LogP contribution >= 0.6 is 11.6 Å². The molecule has 1 N–H and O–H groups in total. The van der Waals surface area contributed by atoms with Crippen LogP contribution in [0.25, 0.3) is 11.5 Å². The molecule has 0 bridgehead atoms. The minimum Gasteiger partial charge on any atom is -0.465 e. The van der Waals surface area contributed by atoms with E-state index in [1.54, 1.807) is 6.92 Å². The number of rotatable bonds is 7. The van der Waals surface area contributed by atoms with E-state index in [1.807, 2.05) is 51.1 Å². The molecule has 0 aliphatic rings. The Morgan fingerprint density at radius 2 is 1.77 bits per heavy atom. The number of hydrogen-bond acceptors (Lipinski definition) is 6. The normalized spacial score (nSPS) is 13.8. The monoisotopic (exact) mass is 520 g/mol. The summed E-state index contributed by atoms with van der Waals surface area (Å²) in [6, 6.07) is 12.5. The Morgan fingerprint density at radius 3 is 2.31 bits per heavy atom. The van der Waals surface area contributed by atoms with E-state index in [0.29, 0.717) is 17.7 Å². The summed E-state index contributed by atoms with van der Waals surface area (Å²) in [6.07, 6.45) is 1.79. The Kier molecular flexibility index (Phi) is 7.19. The van der Waals surface area contributed by atoms with E-state index >= 15 is 0 Å². The second-order valence-corrected chi connectivity index (χ2v) is 11.9. The maximum absolute atomic E-state index is 12.5. The first-order valence-electron chi connectivity index (χ1n) is 10.8. The van der Waals surface area contributed by atoms with Gasteiger partial charge >= 0.3 is 6.09 Å². The van der Waals surface area contributed by atoms with Crippen LogP contribution in [0.2, 0.25) is 5.15 Å². The standard InChI is InChI=1S/C24H29ClN4O5S/c1-23(2,3)29(22(30)31)24(4,14-16-10-8-7-9-11-16)18-15-26-21(34-18)17-12-19(25)27-20(13-17)28(5)35(6,32)33/h7-13,15H,14H2,1-6H3,(H,30,31)/t24-/m1/s1. The highest BCUT2D eigenvalue weighted by Gasteiger charge is 2.46. The van der Waals surface area contributed by atoms with Gasteiger partial charge in [-0.25, -0.2) is 23.2 Å². The number of amides is 1. The molecular weight excluding hydrogens is 492 g/mol. The van der Waals surface area contributed by atoms with Crippen molar-refractivity contribution in [3.63, 3.8) is 0 Å². The largest absolute Gasteiger partial charge is 0.465 e. The lowest BCUT2D eigenvalue weighted by Gasteiger charge is -2.46. The van der Waals surface area contributed by atoms with E-state index in [4.69, 9.17) is 16.0 Å². The van der Waals surface area contributed by atoms with Gasteiger partial charge in [-0.2, -0.15) is 0 Å². The average Bonchev–Trinajstić information content (AvgIpc) is 3.22. The first kappa shape index (κ1) is 26.5. The van der Waals surface area contributed by atoms with Crippen molar-refractivity contribution in [3.05, 3.63) is 65.1 Å². The number of carbonyl (C=O) groups is 1. The number of benzene rings is 1. The van der Waals surface area contributed by atoms with Gasteiger partial charge in [-0.1, -0.05) is 41.9 Å². The summed E-state index contributed by atoms with van der Waals surface area (Å²) < 4.78 is 31.1. The lowest BCUT2D eigenvalue weighted by molar-refractivity contribution is 0.0111. The summed E-state index contributed by atoms with van der Waals surface area (Å²) in [7, 11) is -2.21. The molecule has 0 unspecified atom stereocenters. The number of nitrogens with zero attached hydrogens (tertiary/aromatic N) is 4. The van der Waals surface area contributed by atoms with Crippen LogP contribution in [0, 0.1) is 0 Å². The van der Waals surface area contributed by atoms with Gasteiger partial charge in [-0.15, -0.1) is 0 Å². The molecule has 1 amide bonds. The Labute approximate surface area is 210 Å². The van der Waals surface area contributed by atoms with Gasteiger partial charge in [0.25, 0.3) is 0 Å². The molecule has 9 nitrogen and oxygen atoms in total. The minimum atomic E-state index is -3.57. The van der Waals surface area contributed by atoms with Crippen molar-refractivity contribution < 1.29 is 22.7 Å². The second-order valence-electron chi connectivity index (χ2n) is 9.52. The predicted molar refractivity (Wildman–Crippen MR) is 135 cm³/mol. The zero-order chi connectivity index (χ0) is 26.2. The Balaban J connectivity index is 2.14. The molecule has 35 heavy (non-hydrogen) atoms. The highest BCUT2D eigenvalue weighted by atomic mass is 35.5. The van der Waals surface area contributed by atoms with Crippen molar-refractivity contribution in [2.24, 2.45) is 0 Å². The lowest BCUT2D eigenvalue weighted by atomic mass is 9.85. The van der Waals surface area contributed by atoms with Gasteiger partial charge in [0.05, 0.1) is 12.5 Å².